The maximum Gasteiger partial charge on any atom is 0.254 e. The molecule has 0 saturated carbocycles. The molecular weight excluding hydrogens is 288 g/mol. The van der Waals surface area contributed by atoms with Gasteiger partial charge in [-0.1, -0.05) is 36.4 Å². The molecule has 0 bridgehead atoms. The van der Waals surface area contributed by atoms with Crippen LogP contribution < -0.4 is 0 Å². The van der Waals surface area contributed by atoms with Crippen molar-refractivity contribution in [3.8, 4) is 17.2 Å². The van der Waals surface area contributed by atoms with E-state index in [1.165, 1.54) is 0 Å². The van der Waals surface area contributed by atoms with Crippen molar-refractivity contribution < 1.29 is 9.90 Å². The Balaban J connectivity index is 1.98. The topological polar surface area (TPSA) is 64.3 Å². The van der Waals surface area contributed by atoms with Gasteiger partial charge in [-0.3, -0.25) is 4.79 Å². The van der Waals surface area contributed by atoms with Crippen molar-refractivity contribution in [2.24, 2.45) is 0 Å². The van der Waals surface area contributed by atoms with Crippen molar-refractivity contribution in [3.05, 3.63) is 59.7 Å². The van der Waals surface area contributed by atoms with Crippen molar-refractivity contribution in [3.63, 3.8) is 0 Å². The van der Waals surface area contributed by atoms with Crippen molar-refractivity contribution in [1.29, 1.82) is 5.26 Å². The van der Waals surface area contributed by atoms with Crippen LogP contribution in [0, 0.1) is 11.3 Å². The minimum Gasteiger partial charge on any atom is -0.393 e. The molecule has 4 heteroatoms. The summed E-state index contributed by atoms with van der Waals surface area (Å²) < 4.78 is 0. The molecule has 1 heterocycles. The van der Waals surface area contributed by atoms with E-state index in [0.717, 1.165) is 11.1 Å². The van der Waals surface area contributed by atoms with Crippen LogP contribution in [0.3, 0.4) is 0 Å². The second kappa shape index (κ2) is 6.64. The van der Waals surface area contributed by atoms with E-state index in [0.29, 0.717) is 37.1 Å². The fourth-order valence-electron chi connectivity index (χ4n) is 2.96. The van der Waals surface area contributed by atoms with Gasteiger partial charge in [0.25, 0.3) is 5.91 Å². The summed E-state index contributed by atoms with van der Waals surface area (Å²) in [5.74, 6) is -0.0414. The third kappa shape index (κ3) is 3.10. The molecule has 0 aliphatic carbocycles. The van der Waals surface area contributed by atoms with Gasteiger partial charge >= 0.3 is 0 Å². The first-order valence-corrected chi connectivity index (χ1v) is 7.76. The Morgan fingerprint density at radius 3 is 2.35 bits per heavy atom. The van der Waals surface area contributed by atoms with Gasteiger partial charge in [-0.25, -0.2) is 0 Å². The summed E-state index contributed by atoms with van der Waals surface area (Å²) in [6.45, 7) is 1.13. The molecule has 0 aromatic heterocycles. The highest BCUT2D eigenvalue weighted by atomic mass is 16.3. The van der Waals surface area contributed by atoms with Crippen molar-refractivity contribution in [2.75, 3.05) is 13.1 Å². The first-order valence-electron chi connectivity index (χ1n) is 7.76. The largest absolute Gasteiger partial charge is 0.393 e. The molecule has 1 amide bonds. The Hall–Kier alpha value is -2.64. The number of hydrogen-bond acceptors (Lipinski definition) is 3. The normalized spacial score (nSPS) is 15.2. The lowest BCUT2D eigenvalue weighted by Crippen LogP contribution is -2.40. The van der Waals surface area contributed by atoms with Crippen LogP contribution >= 0.6 is 0 Å². The SMILES string of the molecule is N#Cc1ccccc1-c1ccccc1C(=O)N1CCC(O)CC1. The van der Waals surface area contributed by atoms with E-state index in [-0.39, 0.29) is 12.0 Å². The molecule has 2 aromatic carbocycles. The molecule has 1 fully saturated rings. The number of benzene rings is 2. The average molecular weight is 306 g/mol. The molecule has 0 atom stereocenters. The molecule has 3 rings (SSSR count). The Morgan fingerprint density at radius 1 is 1.04 bits per heavy atom. The predicted octanol–water partition coefficient (Wildman–Crippen LogP) is 2.82. The van der Waals surface area contributed by atoms with E-state index < -0.39 is 0 Å². The maximum atomic E-state index is 12.9. The Labute approximate surface area is 135 Å². The number of carbonyl (C=O) groups is 1. The van der Waals surface area contributed by atoms with Crippen LogP contribution in [-0.2, 0) is 0 Å². The number of hydrogen-bond donors (Lipinski definition) is 1. The van der Waals surface area contributed by atoms with Gasteiger partial charge in [0, 0.05) is 24.2 Å². The number of carbonyl (C=O) groups excluding carboxylic acids is 1. The monoisotopic (exact) mass is 306 g/mol. The van der Waals surface area contributed by atoms with Crippen LogP contribution in [0.5, 0.6) is 0 Å². The van der Waals surface area contributed by atoms with E-state index in [1.54, 1.807) is 17.0 Å². The number of aliphatic hydroxyl groups excluding tert-OH is 1. The number of likely N-dealkylation sites (tertiary alicyclic amines) is 1. The third-order valence-electron chi connectivity index (χ3n) is 4.25. The molecule has 0 unspecified atom stereocenters. The molecule has 1 aliphatic heterocycles. The number of aliphatic hydroxyl groups is 1. The van der Waals surface area contributed by atoms with Crippen LogP contribution in [0.2, 0.25) is 0 Å². The van der Waals surface area contributed by atoms with Gasteiger partial charge in [-0.15, -0.1) is 0 Å². The summed E-state index contributed by atoms with van der Waals surface area (Å²) >= 11 is 0. The van der Waals surface area contributed by atoms with E-state index in [1.807, 2.05) is 36.4 Å². The zero-order valence-electron chi connectivity index (χ0n) is 12.8. The Bertz CT molecular complexity index is 756. The van der Waals surface area contributed by atoms with E-state index in [9.17, 15) is 15.2 Å². The molecule has 1 saturated heterocycles. The quantitative estimate of drug-likeness (QED) is 0.928. The summed E-state index contributed by atoms with van der Waals surface area (Å²) in [6.07, 6.45) is 0.916. The molecule has 1 N–H and O–H groups in total. The van der Waals surface area contributed by atoms with Gasteiger partial charge in [-0.05, 0) is 30.5 Å². The minimum atomic E-state index is -0.311. The van der Waals surface area contributed by atoms with Crippen LogP contribution in [0.4, 0.5) is 0 Å². The number of piperidine rings is 1. The lowest BCUT2D eigenvalue weighted by Gasteiger charge is -2.30. The van der Waals surface area contributed by atoms with Gasteiger partial charge in [0.2, 0.25) is 0 Å². The zero-order valence-corrected chi connectivity index (χ0v) is 12.8. The summed E-state index contributed by atoms with van der Waals surface area (Å²) in [5, 5.41) is 18.9. The lowest BCUT2D eigenvalue weighted by atomic mass is 9.94. The number of nitriles is 1. The van der Waals surface area contributed by atoms with Gasteiger partial charge < -0.3 is 10.0 Å². The molecular formula is C19H18N2O2. The van der Waals surface area contributed by atoms with Crippen LogP contribution in [0.15, 0.2) is 48.5 Å². The molecule has 1 aliphatic rings. The lowest BCUT2D eigenvalue weighted by molar-refractivity contribution is 0.0547. The Morgan fingerprint density at radius 2 is 1.65 bits per heavy atom. The first-order chi connectivity index (χ1) is 11.2. The highest BCUT2D eigenvalue weighted by Crippen LogP contribution is 2.28. The summed E-state index contributed by atoms with van der Waals surface area (Å²) in [7, 11) is 0. The van der Waals surface area contributed by atoms with Gasteiger partial charge in [0.15, 0.2) is 0 Å². The average Bonchev–Trinajstić information content (AvgIpc) is 2.62. The summed E-state index contributed by atoms with van der Waals surface area (Å²) in [4.78, 5) is 14.6. The second-order valence-electron chi connectivity index (χ2n) is 5.73. The summed E-state index contributed by atoms with van der Waals surface area (Å²) in [5.41, 5.74) is 2.71. The number of nitrogens with zero attached hydrogens (tertiary/aromatic N) is 2. The zero-order chi connectivity index (χ0) is 16.2. The fourth-order valence-corrected chi connectivity index (χ4v) is 2.96. The third-order valence-corrected chi connectivity index (χ3v) is 4.25. The van der Waals surface area contributed by atoms with E-state index >= 15 is 0 Å². The predicted molar refractivity (Wildman–Crippen MR) is 87.7 cm³/mol. The highest BCUT2D eigenvalue weighted by Gasteiger charge is 2.24. The van der Waals surface area contributed by atoms with Gasteiger partial charge in [0.1, 0.15) is 0 Å². The van der Waals surface area contributed by atoms with E-state index in [4.69, 9.17) is 0 Å². The summed E-state index contributed by atoms with van der Waals surface area (Å²) in [6, 6.07) is 16.9. The molecule has 0 spiro atoms. The molecule has 4 nitrogen and oxygen atoms in total. The molecule has 23 heavy (non-hydrogen) atoms. The van der Waals surface area contributed by atoms with Crippen molar-refractivity contribution in [2.45, 2.75) is 18.9 Å². The van der Waals surface area contributed by atoms with Crippen molar-refractivity contribution >= 4 is 5.91 Å². The number of rotatable bonds is 2. The molecule has 2 aromatic rings. The molecule has 116 valence electrons. The highest BCUT2D eigenvalue weighted by molar-refractivity contribution is 6.01. The smallest absolute Gasteiger partial charge is 0.254 e. The van der Waals surface area contributed by atoms with E-state index in [2.05, 4.69) is 6.07 Å². The standard InChI is InChI=1S/C19H18N2O2/c20-13-14-5-1-2-6-16(14)17-7-3-4-8-18(17)19(23)21-11-9-15(22)10-12-21/h1-8,15,22H,9-12H2. The minimum absolute atomic E-state index is 0.0414. The van der Waals surface area contributed by atoms with Crippen LogP contribution in [0.25, 0.3) is 11.1 Å². The molecule has 0 radical (unpaired) electrons. The maximum absolute atomic E-state index is 12.9. The first kappa shape index (κ1) is 15.3. The van der Waals surface area contributed by atoms with Crippen molar-refractivity contribution in [1.82, 2.24) is 4.90 Å². The van der Waals surface area contributed by atoms with Gasteiger partial charge in [-0.2, -0.15) is 5.26 Å². The van der Waals surface area contributed by atoms with Crippen LogP contribution in [0.1, 0.15) is 28.8 Å². The Kier molecular flexibility index (Phi) is 4.40. The number of amides is 1. The second-order valence-corrected chi connectivity index (χ2v) is 5.73. The van der Waals surface area contributed by atoms with Crippen LogP contribution in [-0.4, -0.2) is 35.1 Å². The fraction of sp³-hybridized carbons (Fsp3) is 0.263. The van der Waals surface area contributed by atoms with Gasteiger partial charge in [0.05, 0.1) is 17.7 Å².